The van der Waals surface area contributed by atoms with Gasteiger partial charge in [-0.05, 0) is 43.3 Å². The van der Waals surface area contributed by atoms with Crippen LogP contribution in [0.15, 0.2) is 42.5 Å². The Morgan fingerprint density at radius 1 is 1.33 bits per heavy atom. The highest BCUT2D eigenvalue weighted by Crippen LogP contribution is 2.29. The molecule has 0 unspecified atom stereocenters. The highest BCUT2D eigenvalue weighted by molar-refractivity contribution is 6.30. The molecule has 1 saturated heterocycles. The maximum atomic E-state index is 11.4. The van der Waals surface area contributed by atoms with Gasteiger partial charge >= 0.3 is 0 Å². The average Bonchev–Trinajstić information content (AvgIpc) is 2.66. The fraction of sp³-hybridized carbons (Fsp3) is 0.368. The number of quaternary nitrogens is 1. The molecule has 0 bridgehead atoms. The smallest absolute Gasteiger partial charge is 0.292 e. The molecule has 144 valence electrons. The topological polar surface area (TPSA) is 84.2 Å². The van der Waals surface area contributed by atoms with Crippen molar-refractivity contribution in [1.82, 2.24) is 0 Å². The molecule has 8 heteroatoms. The first-order valence-corrected chi connectivity index (χ1v) is 9.39. The van der Waals surface area contributed by atoms with Crippen molar-refractivity contribution >= 4 is 28.7 Å². The Bertz CT molecular complexity index is 785. The highest BCUT2D eigenvalue weighted by atomic mass is 35.5. The minimum absolute atomic E-state index is 0.0712. The molecule has 2 aromatic rings. The van der Waals surface area contributed by atoms with E-state index in [4.69, 9.17) is 16.3 Å². The van der Waals surface area contributed by atoms with Gasteiger partial charge in [-0.3, -0.25) is 10.1 Å². The highest BCUT2D eigenvalue weighted by Gasteiger charge is 2.21. The first-order valence-electron chi connectivity index (χ1n) is 9.02. The van der Waals surface area contributed by atoms with Gasteiger partial charge in [0.25, 0.3) is 5.69 Å². The number of nitro benzene ring substituents is 1. The summed E-state index contributed by atoms with van der Waals surface area (Å²) in [5.41, 5.74) is 1.59. The molecular weight excluding hydrogens is 368 g/mol. The predicted molar refractivity (Wildman–Crippen MR) is 107 cm³/mol. The number of nitrogens with one attached hydrogen (secondary N) is 1. The Balaban J connectivity index is 1.64. The van der Waals surface area contributed by atoms with Gasteiger partial charge in [0, 0.05) is 23.3 Å². The fourth-order valence-electron chi connectivity index (χ4n) is 3.17. The van der Waals surface area contributed by atoms with Gasteiger partial charge in [-0.25, -0.2) is 0 Å². The molecular formula is C19H24ClN4O3+. The SMILES string of the molecule is C[C@@H]1CN(c2ccc([N+](=O)[O-])c(NCCOc3ccc(Cl)cc3)c2)CC[NH2+]1. The van der Waals surface area contributed by atoms with E-state index in [0.29, 0.717) is 35.7 Å². The van der Waals surface area contributed by atoms with Crippen molar-refractivity contribution in [3.63, 3.8) is 0 Å². The number of hydrogen-bond acceptors (Lipinski definition) is 5. The van der Waals surface area contributed by atoms with Gasteiger partial charge in [-0.2, -0.15) is 0 Å². The summed E-state index contributed by atoms with van der Waals surface area (Å²) in [7, 11) is 0. The summed E-state index contributed by atoms with van der Waals surface area (Å²) < 4.78 is 5.64. The number of nitro groups is 1. The summed E-state index contributed by atoms with van der Waals surface area (Å²) in [6.07, 6.45) is 0. The van der Waals surface area contributed by atoms with Crippen molar-refractivity contribution in [3.8, 4) is 5.75 Å². The zero-order chi connectivity index (χ0) is 19.2. The van der Waals surface area contributed by atoms with E-state index in [1.165, 1.54) is 0 Å². The van der Waals surface area contributed by atoms with Crippen LogP contribution in [-0.4, -0.2) is 43.8 Å². The molecule has 1 atom stereocenters. The number of rotatable bonds is 7. The van der Waals surface area contributed by atoms with Gasteiger partial charge in [0.1, 0.15) is 24.1 Å². The van der Waals surface area contributed by atoms with Crippen LogP contribution in [-0.2, 0) is 0 Å². The first-order chi connectivity index (χ1) is 13.0. The van der Waals surface area contributed by atoms with Gasteiger partial charge in [0.05, 0.1) is 24.6 Å². The van der Waals surface area contributed by atoms with Crippen LogP contribution in [0.2, 0.25) is 5.02 Å². The van der Waals surface area contributed by atoms with E-state index >= 15 is 0 Å². The number of nitrogens with zero attached hydrogens (tertiary/aromatic N) is 2. The van der Waals surface area contributed by atoms with Gasteiger partial charge in [0.2, 0.25) is 0 Å². The molecule has 0 spiro atoms. The summed E-state index contributed by atoms with van der Waals surface area (Å²) in [5.74, 6) is 0.711. The van der Waals surface area contributed by atoms with E-state index in [2.05, 4.69) is 22.5 Å². The standard InChI is InChI=1S/C19H23ClN4O3/c1-14-13-23(10-8-21-14)16-4-7-19(24(25)26)18(12-16)22-9-11-27-17-5-2-15(20)3-6-17/h2-7,12,14,21-22H,8-11,13H2,1H3/p+1/t14-/m1/s1. The Kier molecular flexibility index (Phi) is 6.36. The number of hydrogen-bond donors (Lipinski definition) is 2. The van der Waals surface area contributed by atoms with Crippen molar-refractivity contribution in [2.45, 2.75) is 13.0 Å². The molecule has 0 amide bonds. The molecule has 1 fully saturated rings. The molecule has 0 aliphatic carbocycles. The predicted octanol–water partition coefficient (Wildman–Crippen LogP) is 2.51. The second-order valence-electron chi connectivity index (χ2n) is 6.64. The summed E-state index contributed by atoms with van der Waals surface area (Å²) in [6.45, 7) is 5.91. The molecule has 7 nitrogen and oxygen atoms in total. The number of anilines is 2. The van der Waals surface area contributed by atoms with Crippen LogP contribution in [0.4, 0.5) is 17.1 Å². The third-order valence-electron chi connectivity index (χ3n) is 4.52. The lowest BCUT2D eigenvalue weighted by Gasteiger charge is -2.31. The van der Waals surface area contributed by atoms with Gasteiger partial charge in [0.15, 0.2) is 0 Å². The van der Waals surface area contributed by atoms with E-state index in [9.17, 15) is 10.1 Å². The summed E-state index contributed by atoms with van der Waals surface area (Å²) in [5, 5.41) is 17.5. The van der Waals surface area contributed by atoms with Crippen LogP contribution >= 0.6 is 11.6 Å². The summed E-state index contributed by atoms with van der Waals surface area (Å²) in [4.78, 5) is 13.3. The van der Waals surface area contributed by atoms with E-state index in [-0.39, 0.29) is 10.6 Å². The minimum Gasteiger partial charge on any atom is -0.492 e. The first kappa shape index (κ1) is 19.3. The van der Waals surface area contributed by atoms with Gasteiger partial charge < -0.3 is 20.3 Å². The number of nitrogens with two attached hydrogens (primary N) is 1. The molecule has 27 heavy (non-hydrogen) atoms. The van der Waals surface area contributed by atoms with E-state index in [0.717, 1.165) is 25.3 Å². The van der Waals surface area contributed by atoms with E-state index in [1.54, 1.807) is 30.3 Å². The third kappa shape index (κ3) is 5.24. The number of halogens is 1. The molecule has 2 aromatic carbocycles. The van der Waals surface area contributed by atoms with Crippen LogP contribution in [0.25, 0.3) is 0 Å². The Morgan fingerprint density at radius 3 is 2.81 bits per heavy atom. The number of ether oxygens (including phenoxy) is 1. The molecule has 1 aliphatic rings. The van der Waals surface area contributed by atoms with Crippen molar-refractivity contribution < 1.29 is 15.0 Å². The van der Waals surface area contributed by atoms with Gasteiger partial charge in [-0.15, -0.1) is 0 Å². The maximum Gasteiger partial charge on any atom is 0.292 e. The normalized spacial score (nSPS) is 16.8. The van der Waals surface area contributed by atoms with Crippen LogP contribution in [0.3, 0.4) is 0 Å². The number of benzene rings is 2. The molecule has 0 aromatic heterocycles. The van der Waals surface area contributed by atoms with Crippen LogP contribution < -0.4 is 20.3 Å². The fourth-order valence-corrected chi connectivity index (χ4v) is 3.30. The second kappa shape index (κ2) is 8.92. The van der Waals surface area contributed by atoms with Crippen molar-refractivity contribution in [2.75, 3.05) is 43.0 Å². The molecule has 0 radical (unpaired) electrons. The van der Waals surface area contributed by atoms with E-state index < -0.39 is 0 Å². The average molecular weight is 392 g/mol. The lowest BCUT2D eigenvalue weighted by molar-refractivity contribution is -0.687. The lowest BCUT2D eigenvalue weighted by atomic mass is 10.1. The molecule has 3 N–H and O–H groups in total. The molecule has 1 heterocycles. The minimum atomic E-state index is -0.362. The van der Waals surface area contributed by atoms with Crippen LogP contribution in [0.5, 0.6) is 5.75 Å². The Labute approximate surface area is 163 Å². The number of piperazine rings is 1. The van der Waals surface area contributed by atoms with Gasteiger partial charge in [-0.1, -0.05) is 11.6 Å². The van der Waals surface area contributed by atoms with E-state index in [1.807, 2.05) is 12.1 Å². The van der Waals surface area contributed by atoms with Crippen LogP contribution in [0, 0.1) is 10.1 Å². The molecule has 0 saturated carbocycles. The summed E-state index contributed by atoms with van der Waals surface area (Å²) >= 11 is 5.85. The zero-order valence-corrected chi connectivity index (χ0v) is 16.0. The van der Waals surface area contributed by atoms with Crippen LogP contribution in [0.1, 0.15) is 6.92 Å². The Hall–Kier alpha value is -2.51. The molecule has 1 aliphatic heterocycles. The lowest BCUT2D eigenvalue weighted by Crippen LogP contribution is -2.94. The Morgan fingerprint density at radius 2 is 2.11 bits per heavy atom. The third-order valence-corrected chi connectivity index (χ3v) is 4.77. The second-order valence-corrected chi connectivity index (χ2v) is 7.07. The summed E-state index contributed by atoms with van der Waals surface area (Å²) in [6, 6.07) is 12.9. The maximum absolute atomic E-state index is 11.4. The largest absolute Gasteiger partial charge is 0.492 e. The van der Waals surface area contributed by atoms with Crippen molar-refractivity contribution in [2.24, 2.45) is 0 Å². The van der Waals surface area contributed by atoms with Crippen molar-refractivity contribution in [1.29, 1.82) is 0 Å². The zero-order valence-electron chi connectivity index (χ0n) is 15.2. The van der Waals surface area contributed by atoms with Crippen molar-refractivity contribution in [3.05, 3.63) is 57.6 Å². The molecule has 3 rings (SSSR count). The monoisotopic (exact) mass is 391 g/mol. The quantitative estimate of drug-likeness (QED) is 0.430.